The van der Waals surface area contributed by atoms with E-state index in [1.54, 1.807) is 0 Å². The smallest absolute Gasteiger partial charge is 0.239 e. The molecule has 17 nitrogen and oxygen atoms in total. The number of hydrogen-bond acceptors (Lipinski definition) is 17. The van der Waals surface area contributed by atoms with Gasteiger partial charge in [-0.2, -0.15) is 0 Å². The monoisotopic (exact) mass is 640 g/mol. The topological polar surface area (TPSA) is 279 Å². The molecule has 45 heavy (non-hydrogen) atoms. The van der Waals surface area contributed by atoms with Crippen LogP contribution in [0.3, 0.4) is 0 Å². The molecular weight excluding hydrogens is 608 g/mol. The first-order valence-corrected chi connectivity index (χ1v) is 13.5. The SMILES string of the molecule is COc1cc(O)c2c(=O)c(O[C@@H]3O[C@H](CO)[C@H](O)[C@@H](O)[C@H]3O[C@@H]3O[C@H](CO)[C@H](O)[C@H](O)[C@@H]3O)c(-c3ccc(O)c(O)c3)oc2c1. The second kappa shape index (κ2) is 12.9. The quantitative estimate of drug-likeness (QED) is 0.115. The van der Waals surface area contributed by atoms with Crippen molar-refractivity contribution in [1.82, 2.24) is 0 Å². The summed E-state index contributed by atoms with van der Waals surface area (Å²) in [5.74, 6) is -2.65. The second-order valence-electron chi connectivity index (χ2n) is 10.4. The number of rotatable bonds is 8. The van der Waals surface area contributed by atoms with Crippen LogP contribution in [0.4, 0.5) is 0 Å². The Labute approximate surface area is 252 Å². The minimum atomic E-state index is -1.96. The van der Waals surface area contributed by atoms with Crippen molar-refractivity contribution in [3.63, 3.8) is 0 Å². The Kier molecular flexibility index (Phi) is 9.38. The summed E-state index contributed by atoms with van der Waals surface area (Å²) < 4.78 is 33.5. The van der Waals surface area contributed by atoms with Gasteiger partial charge in [-0.3, -0.25) is 4.79 Å². The van der Waals surface area contributed by atoms with E-state index in [9.17, 15) is 55.9 Å². The molecule has 3 heterocycles. The molecule has 1 aromatic heterocycles. The van der Waals surface area contributed by atoms with Crippen molar-refractivity contribution < 1.29 is 79.2 Å². The number of methoxy groups -OCH3 is 1. The van der Waals surface area contributed by atoms with E-state index < -0.39 is 103 Å². The average molecular weight is 641 g/mol. The van der Waals surface area contributed by atoms with Crippen LogP contribution in [0.25, 0.3) is 22.3 Å². The van der Waals surface area contributed by atoms with Gasteiger partial charge in [0.05, 0.1) is 20.3 Å². The first kappa shape index (κ1) is 32.6. The van der Waals surface area contributed by atoms with Gasteiger partial charge in [-0.1, -0.05) is 0 Å². The minimum Gasteiger partial charge on any atom is -0.507 e. The summed E-state index contributed by atoms with van der Waals surface area (Å²) in [6.45, 7) is -1.66. The largest absolute Gasteiger partial charge is 0.507 e. The molecule has 17 heteroatoms. The maximum atomic E-state index is 13.9. The fraction of sp³-hybridized carbons (Fsp3) is 0.464. The third-order valence-electron chi connectivity index (χ3n) is 7.58. The van der Waals surface area contributed by atoms with Gasteiger partial charge < -0.3 is 79.2 Å². The van der Waals surface area contributed by atoms with Gasteiger partial charge in [-0.05, 0) is 18.2 Å². The summed E-state index contributed by atoms with van der Waals surface area (Å²) in [5, 5.41) is 102. The number of ether oxygens (including phenoxy) is 5. The van der Waals surface area contributed by atoms with E-state index in [1.807, 2.05) is 0 Å². The average Bonchev–Trinajstić information content (AvgIpc) is 3.02. The fourth-order valence-electron chi connectivity index (χ4n) is 5.08. The maximum Gasteiger partial charge on any atom is 0.239 e. The zero-order valence-corrected chi connectivity index (χ0v) is 23.4. The standard InChI is InChI=1S/C28H32O17/c1-40-10-5-13(33)17-14(6-10)41-24(9-2-3-11(31)12(32)4-9)25(20(17)36)44-28-26(22(38)19(35)16(8-30)43-28)45-27-23(39)21(37)18(34)15(7-29)42-27/h2-6,15-16,18-19,21-23,26-35,37-39H,7-8H2,1H3/t15-,16-,18+,19+,21+,22-,23+,26-,27+,28+/m1/s1. The van der Waals surface area contributed by atoms with Crippen LogP contribution in [0.5, 0.6) is 28.7 Å². The number of aromatic hydroxyl groups is 3. The predicted octanol–water partition coefficient (Wildman–Crippen LogP) is -2.41. The van der Waals surface area contributed by atoms with E-state index in [0.29, 0.717) is 0 Å². The van der Waals surface area contributed by atoms with Crippen molar-refractivity contribution in [2.24, 2.45) is 0 Å². The number of phenols is 3. The molecule has 5 rings (SSSR count). The summed E-state index contributed by atoms with van der Waals surface area (Å²) in [7, 11) is 1.31. The molecule has 0 saturated carbocycles. The highest BCUT2D eigenvalue weighted by Gasteiger charge is 2.51. The highest BCUT2D eigenvalue weighted by molar-refractivity contribution is 5.88. The van der Waals surface area contributed by atoms with Gasteiger partial charge in [0, 0.05) is 17.7 Å². The lowest BCUT2D eigenvalue weighted by Crippen LogP contribution is -2.65. The minimum absolute atomic E-state index is 0.0249. The first-order chi connectivity index (χ1) is 21.4. The second-order valence-corrected chi connectivity index (χ2v) is 10.4. The van der Waals surface area contributed by atoms with E-state index in [4.69, 9.17) is 28.1 Å². The summed E-state index contributed by atoms with van der Waals surface area (Å²) in [5.41, 5.74) is -1.22. The lowest BCUT2D eigenvalue weighted by atomic mass is 9.97. The Hall–Kier alpha value is -3.75. The molecule has 3 aromatic rings. The lowest BCUT2D eigenvalue weighted by molar-refractivity contribution is -0.358. The summed E-state index contributed by atoms with van der Waals surface area (Å²) in [6.07, 6.45) is -17.9. The lowest BCUT2D eigenvalue weighted by Gasteiger charge is -2.45. The van der Waals surface area contributed by atoms with Crippen LogP contribution in [0.1, 0.15) is 0 Å². The molecule has 0 bridgehead atoms. The molecule has 10 atom stereocenters. The fourth-order valence-corrected chi connectivity index (χ4v) is 5.08. The molecule has 10 N–H and O–H groups in total. The molecule has 0 unspecified atom stereocenters. The van der Waals surface area contributed by atoms with E-state index in [2.05, 4.69) is 0 Å². The van der Waals surface area contributed by atoms with Gasteiger partial charge in [0.2, 0.25) is 17.5 Å². The molecule has 2 fully saturated rings. The number of benzene rings is 2. The van der Waals surface area contributed by atoms with Crippen LogP contribution in [0.2, 0.25) is 0 Å². The first-order valence-electron chi connectivity index (χ1n) is 13.5. The van der Waals surface area contributed by atoms with Crippen molar-refractivity contribution in [3.8, 4) is 40.1 Å². The van der Waals surface area contributed by atoms with Gasteiger partial charge in [-0.15, -0.1) is 0 Å². The zero-order valence-electron chi connectivity index (χ0n) is 23.4. The summed E-state index contributed by atoms with van der Waals surface area (Å²) >= 11 is 0. The maximum absolute atomic E-state index is 13.9. The Morgan fingerprint density at radius 1 is 0.756 bits per heavy atom. The van der Waals surface area contributed by atoms with Crippen LogP contribution >= 0.6 is 0 Å². The van der Waals surface area contributed by atoms with Gasteiger partial charge in [-0.25, -0.2) is 0 Å². The molecular formula is C28H32O17. The van der Waals surface area contributed by atoms with Crippen LogP contribution in [0, 0.1) is 0 Å². The normalized spacial score (nSPS) is 32.0. The molecule has 0 spiro atoms. The number of hydrogen-bond donors (Lipinski definition) is 10. The molecule has 0 aliphatic carbocycles. The van der Waals surface area contributed by atoms with Crippen molar-refractivity contribution >= 4 is 11.0 Å². The summed E-state index contributed by atoms with van der Waals surface area (Å²) in [6, 6.07) is 5.79. The molecule has 0 amide bonds. The van der Waals surface area contributed by atoms with Crippen molar-refractivity contribution in [2.45, 2.75) is 61.4 Å². The van der Waals surface area contributed by atoms with Crippen LogP contribution in [-0.4, -0.2) is 133 Å². The zero-order chi connectivity index (χ0) is 32.7. The molecule has 2 aliphatic heterocycles. The number of aliphatic hydroxyl groups excluding tert-OH is 7. The number of fused-ring (bicyclic) bond motifs is 1. The Morgan fingerprint density at radius 3 is 2.02 bits per heavy atom. The van der Waals surface area contributed by atoms with Gasteiger partial charge >= 0.3 is 0 Å². The highest BCUT2D eigenvalue weighted by Crippen LogP contribution is 2.40. The van der Waals surface area contributed by atoms with Gasteiger partial charge in [0.1, 0.15) is 65.2 Å². The van der Waals surface area contributed by atoms with Crippen molar-refractivity contribution in [3.05, 3.63) is 40.6 Å². The van der Waals surface area contributed by atoms with Crippen LogP contribution < -0.4 is 14.9 Å². The Balaban J connectivity index is 1.62. The molecule has 2 aromatic carbocycles. The van der Waals surface area contributed by atoms with E-state index in [0.717, 1.165) is 18.2 Å². The van der Waals surface area contributed by atoms with Crippen molar-refractivity contribution in [2.75, 3.05) is 20.3 Å². The summed E-state index contributed by atoms with van der Waals surface area (Å²) in [4.78, 5) is 13.9. The molecule has 246 valence electrons. The van der Waals surface area contributed by atoms with Crippen LogP contribution in [-0.2, 0) is 14.2 Å². The van der Waals surface area contributed by atoms with Crippen LogP contribution in [0.15, 0.2) is 39.5 Å². The number of aliphatic hydroxyl groups is 7. The highest BCUT2D eigenvalue weighted by atomic mass is 16.8. The molecule has 2 aliphatic rings. The van der Waals surface area contributed by atoms with Gasteiger partial charge in [0.15, 0.2) is 29.7 Å². The van der Waals surface area contributed by atoms with E-state index >= 15 is 0 Å². The Bertz CT molecular complexity index is 1570. The van der Waals surface area contributed by atoms with E-state index in [-0.39, 0.29) is 28.0 Å². The number of phenolic OH excluding ortho intramolecular Hbond substituents is 3. The molecule has 2 saturated heterocycles. The predicted molar refractivity (Wildman–Crippen MR) is 146 cm³/mol. The van der Waals surface area contributed by atoms with E-state index in [1.165, 1.54) is 19.2 Å². The third kappa shape index (κ3) is 5.98. The van der Waals surface area contributed by atoms with Crippen molar-refractivity contribution in [1.29, 1.82) is 0 Å². The van der Waals surface area contributed by atoms with Gasteiger partial charge in [0.25, 0.3) is 0 Å². The Morgan fingerprint density at radius 2 is 1.40 bits per heavy atom. The third-order valence-corrected chi connectivity index (χ3v) is 7.58. The molecule has 0 radical (unpaired) electrons.